The Bertz CT molecular complexity index is 419. The van der Waals surface area contributed by atoms with Gasteiger partial charge in [0.05, 0.1) is 11.5 Å². The quantitative estimate of drug-likeness (QED) is 0.417. The molecule has 0 aromatic rings. The van der Waals surface area contributed by atoms with Gasteiger partial charge in [0.1, 0.15) is 0 Å². The Morgan fingerprint density at radius 2 is 1.85 bits per heavy atom. The summed E-state index contributed by atoms with van der Waals surface area (Å²) in [4.78, 5) is 4.33. The number of nitrogens with two attached hydrogens (primary N) is 1. The van der Waals surface area contributed by atoms with E-state index in [2.05, 4.69) is 10.3 Å². The summed E-state index contributed by atoms with van der Waals surface area (Å²) in [6.07, 6.45) is 7.85. The Hall–Kier alpha value is -0.0500. The highest BCUT2D eigenvalue weighted by atomic mass is 127. The van der Waals surface area contributed by atoms with Gasteiger partial charge in [-0.05, 0) is 31.6 Å². The first-order chi connectivity index (χ1) is 9.05. The highest BCUT2D eigenvalue weighted by molar-refractivity contribution is 14.0. The van der Waals surface area contributed by atoms with Gasteiger partial charge in [0, 0.05) is 12.6 Å². The Morgan fingerprint density at radius 3 is 2.50 bits per heavy atom. The van der Waals surface area contributed by atoms with Crippen LogP contribution in [0.15, 0.2) is 4.99 Å². The number of nitrogens with zero attached hydrogens (tertiary/aromatic N) is 1. The molecule has 3 N–H and O–H groups in total. The summed E-state index contributed by atoms with van der Waals surface area (Å²) in [7, 11) is -2.84. The molecule has 1 unspecified atom stereocenters. The third-order valence-corrected chi connectivity index (χ3v) is 5.92. The summed E-state index contributed by atoms with van der Waals surface area (Å²) in [5.41, 5.74) is 5.88. The molecule has 0 aromatic heterocycles. The second kappa shape index (κ2) is 8.41. The monoisotopic (exact) mass is 415 g/mol. The lowest BCUT2D eigenvalue weighted by atomic mass is 9.96. The number of aliphatic imine (C=N–C) groups is 1. The van der Waals surface area contributed by atoms with Crippen LogP contribution < -0.4 is 11.1 Å². The van der Waals surface area contributed by atoms with Crippen LogP contribution in [0.2, 0.25) is 0 Å². The molecule has 0 amide bonds. The number of nitrogens with one attached hydrogen (secondary N) is 1. The second-order valence-corrected chi connectivity index (χ2v) is 8.06. The van der Waals surface area contributed by atoms with Crippen molar-refractivity contribution in [2.45, 2.75) is 51.0 Å². The average molecular weight is 415 g/mol. The van der Waals surface area contributed by atoms with Crippen molar-refractivity contribution in [1.82, 2.24) is 5.32 Å². The van der Waals surface area contributed by atoms with Crippen LogP contribution in [0.3, 0.4) is 0 Å². The molecule has 1 aliphatic carbocycles. The van der Waals surface area contributed by atoms with Crippen molar-refractivity contribution in [3.63, 3.8) is 0 Å². The number of hydrogen-bond donors (Lipinski definition) is 2. The molecule has 5 nitrogen and oxygen atoms in total. The van der Waals surface area contributed by atoms with Crippen molar-refractivity contribution in [2.75, 3.05) is 18.1 Å². The van der Waals surface area contributed by atoms with Crippen LogP contribution in [-0.4, -0.2) is 38.5 Å². The van der Waals surface area contributed by atoms with Crippen LogP contribution in [0.4, 0.5) is 0 Å². The lowest BCUT2D eigenvalue weighted by Gasteiger charge is -2.24. The lowest BCUT2D eigenvalue weighted by molar-refractivity contribution is 0.411. The molecule has 118 valence electrons. The molecule has 7 heteroatoms. The van der Waals surface area contributed by atoms with Gasteiger partial charge >= 0.3 is 0 Å². The van der Waals surface area contributed by atoms with E-state index in [1.807, 2.05) is 0 Å². The van der Waals surface area contributed by atoms with Gasteiger partial charge in [-0.2, -0.15) is 0 Å². The van der Waals surface area contributed by atoms with Crippen LogP contribution in [0.25, 0.3) is 0 Å². The van der Waals surface area contributed by atoms with Gasteiger partial charge in [-0.25, -0.2) is 8.42 Å². The van der Waals surface area contributed by atoms with E-state index in [-0.39, 0.29) is 35.6 Å². The van der Waals surface area contributed by atoms with Gasteiger partial charge in [-0.1, -0.05) is 19.3 Å². The average Bonchev–Trinajstić information content (AvgIpc) is 2.36. The zero-order valence-corrected chi connectivity index (χ0v) is 15.0. The zero-order valence-electron chi connectivity index (χ0n) is 11.9. The summed E-state index contributed by atoms with van der Waals surface area (Å²) in [5.74, 6) is 1.23. The minimum absolute atomic E-state index is 0. The fourth-order valence-electron chi connectivity index (χ4n) is 2.99. The van der Waals surface area contributed by atoms with Gasteiger partial charge in [0.15, 0.2) is 15.8 Å². The molecule has 20 heavy (non-hydrogen) atoms. The Labute approximate surface area is 139 Å². The fourth-order valence-corrected chi connectivity index (χ4v) is 4.75. The van der Waals surface area contributed by atoms with E-state index in [1.54, 1.807) is 0 Å². The summed E-state index contributed by atoms with van der Waals surface area (Å²) in [6, 6.07) is 0.451. The molecule has 1 saturated carbocycles. The smallest absolute Gasteiger partial charge is 0.188 e. The van der Waals surface area contributed by atoms with Crippen LogP contribution in [0.5, 0.6) is 0 Å². The van der Waals surface area contributed by atoms with Crippen molar-refractivity contribution in [2.24, 2.45) is 16.6 Å². The number of sulfone groups is 1. The number of hydrogen-bond acceptors (Lipinski definition) is 3. The molecule has 2 aliphatic rings. The maximum atomic E-state index is 11.5. The van der Waals surface area contributed by atoms with E-state index in [1.165, 1.54) is 19.3 Å². The summed E-state index contributed by atoms with van der Waals surface area (Å²) < 4.78 is 23.1. The van der Waals surface area contributed by atoms with Crippen molar-refractivity contribution in [3.05, 3.63) is 0 Å². The molecule has 0 bridgehead atoms. The third kappa shape index (κ3) is 6.15. The van der Waals surface area contributed by atoms with Crippen LogP contribution in [-0.2, 0) is 9.84 Å². The number of halogens is 1. The second-order valence-electron chi connectivity index (χ2n) is 5.83. The highest BCUT2D eigenvalue weighted by Gasteiger charge is 2.24. The molecule has 1 atom stereocenters. The molecule has 1 heterocycles. The zero-order chi connectivity index (χ0) is 13.7. The first-order valence-electron chi connectivity index (χ1n) is 7.32. The molecule has 1 aliphatic heterocycles. The summed E-state index contributed by atoms with van der Waals surface area (Å²) in [6.45, 7) is 0.533. The third-order valence-electron chi connectivity index (χ3n) is 4.03. The van der Waals surface area contributed by atoms with Gasteiger partial charge < -0.3 is 11.1 Å². The first-order valence-corrected chi connectivity index (χ1v) is 9.14. The summed E-state index contributed by atoms with van der Waals surface area (Å²) >= 11 is 0. The predicted octanol–water partition coefficient (Wildman–Crippen LogP) is 1.67. The Balaban J connectivity index is 0.00000200. The van der Waals surface area contributed by atoms with Crippen LogP contribution in [0.1, 0.15) is 44.9 Å². The van der Waals surface area contributed by atoms with Gasteiger partial charge in [-0.3, -0.25) is 4.99 Å². The SMILES string of the molecule is I.NC(=NCC1CCCS(=O)(=O)C1)NC1CCCCC1. The lowest BCUT2D eigenvalue weighted by Crippen LogP contribution is -2.41. The van der Waals surface area contributed by atoms with E-state index in [0.717, 1.165) is 25.7 Å². The van der Waals surface area contributed by atoms with Gasteiger partial charge in [0.2, 0.25) is 0 Å². The minimum atomic E-state index is -2.84. The molecular weight excluding hydrogens is 389 g/mol. The van der Waals surface area contributed by atoms with Gasteiger partial charge in [-0.15, -0.1) is 24.0 Å². The molecular formula is C13H26IN3O2S. The summed E-state index contributed by atoms with van der Waals surface area (Å²) in [5, 5.41) is 3.26. The topological polar surface area (TPSA) is 84.5 Å². The van der Waals surface area contributed by atoms with Crippen LogP contribution in [0, 0.1) is 5.92 Å². The number of guanidine groups is 1. The van der Waals surface area contributed by atoms with Crippen LogP contribution >= 0.6 is 24.0 Å². The van der Waals surface area contributed by atoms with Gasteiger partial charge in [0.25, 0.3) is 0 Å². The van der Waals surface area contributed by atoms with Crippen molar-refractivity contribution < 1.29 is 8.42 Å². The molecule has 2 rings (SSSR count). The molecule has 1 saturated heterocycles. The molecule has 0 spiro atoms. The van der Waals surface area contributed by atoms with Crippen molar-refractivity contribution in [3.8, 4) is 0 Å². The van der Waals surface area contributed by atoms with Crippen molar-refractivity contribution in [1.29, 1.82) is 0 Å². The fraction of sp³-hybridized carbons (Fsp3) is 0.923. The molecule has 0 aromatic carbocycles. The van der Waals surface area contributed by atoms with E-state index in [9.17, 15) is 8.42 Å². The van der Waals surface area contributed by atoms with E-state index >= 15 is 0 Å². The Morgan fingerprint density at radius 1 is 1.15 bits per heavy atom. The highest BCUT2D eigenvalue weighted by Crippen LogP contribution is 2.19. The Kier molecular flexibility index (Phi) is 7.57. The maximum absolute atomic E-state index is 11.5. The maximum Gasteiger partial charge on any atom is 0.188 e. The van der Waals surface area contributed by atoms with E-state index < -0.39 is 9.84 Å². The molecule has 2 fully saturated rings. The van der Waals surface area contributed by atoms with Crippen molar-refractivity contribution >= 4 is 39.8 Å². The minimum Gasteiger partial charge on any atom is -0.370 e. The van der Waals surface area contributed by atoms with E-state index in [0.29, 0.717) is 24.3 Å². The molecule has 0 radical (unpaired) electrons. The predicted molar refractivity (Wildman–Crippen MR) is 93.3 cm³/mol. The largest absolute Gasteiger partial charge is 0.370 e. The standard InChI is InChI=1S/C13H25N3O2S.HI/c14-13(16-12-6-2-1-3-7-12)15-9-11-5-4-8-19(17,18)10-11;/h11-12H,1-10H2,(H3,14,15,16);1H. The normalized spacial score (nSPS) is 27.6. The van der Waals surface area contributed by atoms with E-state index in [4.69, 9.17) is 5.73 Å². The number of rotatable bonds is 3. The first kappa shape index (κ1) is 18.0.